The lowest BCUT2D eigenvalue weighted by atomic mass is 9.91. The molecule has 1 heterocycles. The van der Waals surface area contributed by atoms with E-state index in [2.05, 4.69) is 0 Å². The fourth-order valence-electron chi connectivity index (χ4n) is 3.19. The Balaban J connectivity index is 1.95. The number of esters is 1. The molecule has 0 fully saturated rings. The van der Waals surface area contributed by atoms with Crippen LogP contribution in [0, 0.1) is 5.92 Å². The third-order valence-corrected chi connectivity index (χ3v) is 4.58. The molecule has 26 heavy (non-hydrogen) atoms. The van der Waals surface area contributed by atoms with Crippen molar-refractivity contribution in [3.05, 3.63) is 65.9 Å². The van der Waals surface area contributed by atoms with E-state index >= 15 is 0 Å². The van der Waals surface area contributed by atoms with E-state index in [4.69, 9.17) is 9.47 Å². The summed E-state index contributed by atoms with van der Waals surface area (Å²) in [6.45, 7) is 0. The number of aryl methyl sites for hydroxylation is 1. The number of nitrogens with zero attached hydrogens (tertiary/aromatic N) is 1. The average molecular weight is 351 g/mol. The first-order valence-electron chi connectivity index (χ1n) is 8.34. The van der Waals surface area contributed by atoms with Crippen molar-refractivity contribution in [1.29, 1.82) is 0 Å². The van der Waals surface area contributed by atoms with Gasteiger partial charge in [0.25, 0.3) is 0 Å². The molecule has 0 saturated carbocycles. The van der Waals surface area contributed by atoms with Crippen molar-refractivity contribution in [2.24, 2.45) is 13.0 Å². The van der Waals surface area contributed by atoms with Gasteiger partial charge in [-0.1, -0.05) is 18.2 Å². The Morgan fingerprint density at radius 3 is 2.38 bits per heavy atom. The van der Waals surface area contributed by atoms with Crippen molar-refractivity contribution in [2.45, 2.75) is 6.42 Å². The minimum absolute atomic E-state index is 0.257. The fourth-order valence-corrected chi connectivity index (χ4v) is 3.19. The van der Waals surface area contributed by atoms with E-state index in [1.54, 1.807) is 31.4 Å². The quantitative estimate of drug-likeness (QED) is 0.388. The molecular weight excluding hydrogens is 330 g/mol. The normalized spacial score (nSPS) is 12.0. The van der Waals surface area contributed by atoms with E-state index in [0.29, 0.717) is 17.7 Å². The predicted molar refractivity (Wildman–Crippen MR) is 99.5 cm³/mol. The van der Waals surface area contributed by atoms with Gasteiger partial charge in [-0.25, -0.2) is 0 Å². The fraction of sp³-hybridized carbons (Fsp3) is 0.238. The number of hydrogen-bond donors (Lipinski definition) is 0. The maximum absolute atomic E-state index is 12.9. The molecular formula is C21H21NO4. The molecule has 1 aromatic heterocycles. The number of ether oxygens (including phenoxy) is 2. The van der Waals surface area contributed by atoms with Crippen molar-refractivity contribution < 1.29 is 19.1 Å². The van der Waals surface area contributed by atoms with Gasteiger partial charge < -0.3 is 14.0 Å². The number of hydrogen-bond acceptors (Lipinski definition) is 4. The van der Waals surface area contributed by atoms with Gasteiger partial charge in [-0.2, -0.15) is 0 Å². The Morgan fingerprint density at radius 2 is 1.73 bits per heavy atom. The summed E-state index contributed by atoms with van der Waals surface area (Å²) in [6, 6.07) is 14.7. The third-order valence-electron chi connectivity index (χ3n) is 4.58. The van der Waals surface area contributed by atoms with E-state index in [0.717, 1.165) is 16.5 Å². The highest BCUT2D eigenvalue weighted by molar-refractivity contribution is 6.09. The van der Waals surface area contributed by atoms with Crippen LogP contribution in [0.4, 0.5) is 0 Å². The zero-order valence-corrected chi connectivity index (χ0v) is 15.1. The average Bonchev–Trinajstić information content (AvgIpc) is 3.01. The second-order valence-electron chi connectivity index (χ2n) is 6.16. The molecule has 0 amide bonds. The van der Waals surface area contributed by atoms with E-state index in [9.17, 15) is 9.59 Å². The maximum Gasteiger partial charge on any atom is 0.316 e. The topological polar surface area (TPSA) is 57.5 Å². The van der Waals surface area contributed by atoms with Crippen molar-refractivity contribution in [2.75, 3.05) is 14.2 Å². The number of rotatable bonds is 6. The summed E-state index contributed by atoms with van der Waals surface area (Å²) in [5.41, 5.74) is 2.46. The highest BCUT2D eigenvalue weighted by atomic mass is 16.5. The zero-order valence-electron chi connectivity index (χ0n) is 15.1. The Morgan fingerprint density at radius 1 is 1.04 bits per heavy atom. The molecule has 1 unspecified atom stereocenters. The number of Topliss-reactive ketones (excluding diaryl/α,β-unsaturated/α-hetero) is 1. The maximum atomic E-state index is 12.9. The van der Waals surface area contributed by atoms with Crippen LogP contribution < -0.4 is 4.74 Å². The smallest absolute Gasteiger partial charge is 0.316 e. The van der Waals surface area contributed by atoms with Crippen molar-refractivity contribution >= 4 is 22.7 Å². The Kier molecular flexibility index (Phi) is 5.07. The molecule has 3 aromatic rings. The number of aromatic nitrogens is 1. The Labute approximate surface area is 152 Å². The summed E-state index contributed by atoms with van der Waals surface area (Å²) in [4.78, 5) is 25.3. The number of ketones is 1. The molecule has 0 N–H and O–H groups in total. The van der Waals surface area contributed by atoms with Gasteiger partial charge in [-0.05, 0) is 42.3 Å². The van der Waals surface area contributed by atoms with Gasteiger partial charge in [0.2, 0.25) is 0 Å². The lowest BCUT2D eigenvalue weighted by Gasteiger charge is -2.14. The van der Waals surface area contributed by atoms with Crippen molar-refractivity contribution in [1.82, 2.24) is 4.57 Å². The Hall–Kier alpha value is -3.08. The molecule has 0 radical (unpaired) electrons. The zero-order chi connectivity index (χ0) is 18.7. The first-order chi connectivity index (χ1) is 12.5. The molecule has 5 nitrogen and oxygen atoms in total. The molecule has 5 heteroatoms. The SMILES string of the molecule is COC(=O)C(Cc1cn(C)c2ccccc12)C(=O)c1ccc(OC)cc1. The molecule has 0 bridgehead atoms. The van der Waals surface area contributed by atoms with Gasteiger partial charge in [0.15, 0.2) is 5.78 Å². The second kappa shape index (κ2) is 7.44. The largest absolute Gasteiger partial charge is 0.497 e. The van der Waals surface area contributed by atoms with Crippen LogP contribution >= 0.6 is 0 Å². The molecule has 0 aliphatic heterocycles. The van der Waals surface area contributed by atoms with Crippen LogP contribution in [0.25, 0.3) is 10.9 Å². The second-order valence-corrected chi connectivity index (χ2v) is 6.16. The summed E-state index contributed by atoms with van der Waals surface area (Å²) in [5.74, 6) is -1.02. The summed E-state index contributed by atoms with van der Waals surface area (Å²) >= 11 is 0. The first kappa shape index (κ1) is 17.7. The van der Waals surface area contributed by atoms with Crippen LogP contribution in [0.15, 0.2) is 54.7 Å². The summed E-state index contributed by atoms with van der Waals surface area (Å²) < 4.78 is 12.0. The van der Waals surface area contributed by atoms with Crippen LogP contribution in [-0.2, 0) is 23.0 Å². The molecule has 1 atom stereocenters. The van der Waals surface area contributed by atoms with E-state index in [1.807, 2.05) is 42.1 Å². The van der Waals surface area contributed by atoms with Gasteiger partial charge in [0.1, 0.15) is 11.7 Å². The van der Waals surface area contributed by atoms with Gasteiger partial charge in [0, 0.05) is 29.7 Å². The highest BCUT2D eigenvalue weighted by Gasteiger charge is 2.30. The number of para-hydroxylation sites is 1. The van der Waals surface area contributed by atoms with E-state index in [1.165, 1.54) is 7.11 Å². The molecule has 0 aliphatic carbocycles. The van der Waals surface area contributed by atoms with Crippen molar-refractivity contribution in [3.63, 3.8) is 0 Å². The monoisotopic (exact) mass is 351 g/mol. The predicted octanol–water partition coefficient (Wildman–Crippen LogP) is 3.40. The molecule has 0 aliphatic rings. The minimum atomic E-state index is -0.890. The van der Waals surface area contributed by atoms with Crippen LogP contribution in [0.2, 0.25) is 0 Å². The van der Waals surface area contributed by atoms with E-state index < -0.39 is 11.9 Å². The van der Waals surface area contributed by atoms with Gasteiger partial charge in [0.05, 0.1) is 14.2 Å². The molecule has 134 valence electrons. The summed E-state index contributed by atoms with van der Waals surface area (Å²) in [7, 11) is 4.82. The van der Waals surface area contributed by atoms with Gasteiger partial charge in [-0.3, -0.25) is 9.59 Å². The highest BCUT2D eigenvalue weighted by Crippen LogP contribution is 2.25. The molecule has 2 aromatic carbocycles. The van der Waals surface area contributed by atoms with Crippen LogP contribution in [0.3, 0.4) is 0 Å². The number of fused-ring (bicyclic) bond motifs is 1. The summed E-state index contributed by atoms with van der Waals surface area (Å²) in [6.07, 6.45) is 2.25. The molecule has 0 spiro atoms. The number of carbonyl (C=O) groups is 2. The minimum Gasteiger partial charge on any atom is -0.497 e. The van der Waals surface area contributed by atoms with Crippen molar-refractivity contribution in [3.8, 4) is 5.75 Å². The molecule has 0 saturated heterocycles. The number of methoxy groups -OCH3 is 2. The van der Waals surface area contributed by atoms with Crippen LogP contribution in [0.5, 0.6) is 5.75 Å². The lowest BCUT2D eigenvalue weighted by Crippen LogP contribution is -2.27. The van der Waals surface area contributed by atoms with Crippen LogP contribution in [-0.4, -0.2) is 30.5 Å². The number of carbonyl (C=O) groups excluding carboxylic acids is 2. The van der Waals surface area contributed by atoms with E-state index in [-0.39, 0.29) is 5.78 Å². The van der Waals surface area contributed by atoms with Gasteiger partial charge >= 0.3 is 5.97 Å². The first-order valence-corrected chi connectivity index (χ1v) is 8.34. The van der Waals surface area contributed by atoms with Gasteiger partial charge in [-0.15, -0.1) is 0 Å². The third kappa shape index (κ3) is 3.33. The number of benzene rings is 2. The van der Waals surface area contributed by atoms with Crippen LogP contribution in [0.1, 0.15) is 15.9 Å². The molecule has 3 rings (SSSR count). The lowest BCUT2D eigenvalue weighted by molar-refractivity contribution is -0.143. The standard InChI is InChI=1S/C21H21NO4/c1-22-13-15(17-6-4-5-7-19(17)22)12-18(21(24)26-3)20(23)14-8-10-16(25-2)11-9-14/h4-11,13,18H,12H2,1-3H3. The Bertz CT molecular complexity index is 940. The summed E-state index contributed by atoms with van der Waals surface area (Å²) in [5, 5.41) is 1.03.